The van der Waals surface area contributed by atoms with Gasteiger partial charge in [-0.2, -0.15) is 0 Å². The summed E-state index contributed by atoms with van der Waals surface area (Å²) in [6.45, 7) is 2.13. The van der Waals surface area contributed by atoms with Crippen molar-refractivity contribution in [2.45, 2.75) is 18.9 Å². The van der Waals surface area contributed by atoms with Gasteiger partial charge in [-0.3, -0.25) is 4.90 Å². The maximum absolute atomic E-state index is 12.6. The van der Waals surface area contributed by atoms with Crippen LogP contribution in [0.1, 0.15) is 30.0 Å². The Bertz CT molecular complexity index is 709. The first-order chi connectivity index (χ1) is 11.2. The van der Waals surface area contributed by atoms with Gasteiger partial charge in [0.25, 0.3) is 0 Å². The van der Waals surface area contributed by atoms with E-state index in [2.05, 4.69) is 0 Å². The van der Waals surface area contributed by atoms with E-state index in [1.807, 2.05) is 67.6 Å². The van der Waals surface area contributed by atoms with Crippen LogP contribution in [-0.4, -0.2) is 40.7 Å². The Morgan fingerprint density at radius 3 is 2.32 bits per heavy atom. The number of hydrogen-bond donors (Lipinski definition) is 0. The van der Waals surface area contributed by atoms with Crippen molar-refractivity contribution in [2.24, 2.45) is 0 Å². The van der Waals surface area contributed by atoms with Gasteiger partial charge in [0.1, 0.15) is 6.61 Å². The van der Waals surface area contributed by atoms with Crippen molar-refractivity contribution in [1.29, 1.82) is 0 Å². The molecule has 0 saturated carbocycles. The van der Waals surface area contributed by atoms with Crippen LogP contribution in [0.15, 0.2) is 72.6 Å². The number of cyclic esters (lactones) is 1. The maximum Gasteiger partial charge on any atom is 2.00 e. The van der Waals surface area contributed by atoms with E-state index in [1.165, 1.54) is 4.90 Å². The second-order valence-corrected chi connectivity index (χ2v) is 5.58. The third kappa shape index (κ3) is 5.00. The maximum atomic E-state index is 12.6. The molecule has 0 aliphatic carbocycles. The van der Waals surface area contributed by atoms with Gasteiger partial charge in [0.2, 0.25) is 0 Å². The van der Waals surface area contributed by atoms with E-state index in [4.69, 9.17) is 4.74 Å². The van der Waals surface area contributed by atoms with Crippen LogP contribution in [0.4, 0.5) is 4.79 Å². The zero-order valence-electron chi connectivity index (χ0n) is 14.0. The molecule has 0 spiro atoms. The van der Waals surface area contributed by atoms with Crippen molar-refractivity contribution >= 4 is 29.1 Å². The molecule has 1 fully saturated rings. The van der Waals surface area contributed by atoms with Crippen LogP contribution < -0.4 is 22.1 Å². The molecule has 2 aromatic rings. The van der Waals surface area contributed by atoms with Gasteiger partial charge in [0.15, 0.2) is 0 Å². The smallest absolute Gasteiger partial charge is 1.00 e. The molecule has 6 heteroatoms. The Kier molecular flexibility index (Phi) is 8.48. The van der Waals surface area contributed by atoms with Crippen LogP contribution in [0.2, 0.25) is 0 Å². The molecular weight excluding hydrogens is 394 g/mol. The molecule has 0 unspecified atom stereocenters. The third-order valence-corrected chi connectivity index (χ3v) is 4.01. The third-order valence-electron chi connectivity index (χ3n) is 4.01. The first kappa shape index (κ1) is 21.5. The van der Waals surface area contributed by atoms with E-state index in [9.17, 15) is 9.90 Å². The Morgan fingerprint density at radius 2 is 1.72 bits per heavy atom. The average Bonchev–Trinajstić information content (AvgIpc) is 2.98. The standard InChI is InChI=1S/C19H19NO3.BrH.Mg/c1-14(15-8-4-2-5-9-15)12-18(21)20-17(13-23-19(20)22)16-10-6-3-7-11-16;;/h2-12,14,17,21H,13H2,1H3;1H;/q;;+2/p-2/b18-12-;;/t14-,17+;;/m1../s1. The number of amides is 1. The zero-order chi connectivity index (χ0) is 16.2. The number of carbonyl (C=O) groups is 1. The topological polar surface area (TPSA) is 52.6 Å². The van der Waals surface area contributed by atoms with Gasteiger partial charge in [0, 0.05) is 5.92 Å². The number of benzene rings is 2. The number of ether oxygens (including phenoxy) is 1. The van der Waals surface area contributed by atoms with Crippen LogP contribution in [0.5, 0.6) is 0 Å². The number of nitrogens with zero attached hydrogens (tertiary/aromatic N) is 1. The molecule has 1 saturated heterocycles. The Morgan fingerprint density at radius 1 is 1.16 bits per heavy atom. The minimum atomic E-state index is -0.583. The van der Waals surface area contributed by atoms with Gasteiger partial charge in [-0.25, -0.2) is 4.79 Å². The summed E-state index contributed by atoms with van der Waals surface area (Å²) in [6, 6.07) is 18.8. The average molecular weight is 413 g/mol. The summed E-state index contributed by atoms with van der Waals surface area (Å²) in [4.78, 5) is 13.2. The SMILES string of the molecule is C[C@H](/C=C(\[O-])N1C(=O)OC[C@H]1c1ccccc1)c1ccccc1.[Br-].[Mg+2]. The van der Waals surface area contributed by atoms with E-state index in [1.54, 1.807) is 6.08 Å². The van der Waals surface area contributed by atoms with Gasteiger partial charge in [0.05, 0.1) is 6.04 Å². The molecule has 0 N–H and O–H groups in total. The number of carbonyl (C=O) groups excluding carboxylic acids is 1. The van der Waals surface area contributed by atoms with E-state index >= 15 is 0 Å². The molecule has 126 valence electrons. The van der Waals surface area contributed by atoms with Crippen LogP contribution in [0.3, 0.4) is 0 Å². The van der Waals surface area contributed by atoms with Crippen LogP contribution in [0.25, 0.3) is 0 Å². The second kappa shape index (κ2) is 9.84. The van der Waals surface area contributed by atoms with Crippen molar-refractivity contribution in [3.8, 4) is 0 Å². The summed E-state index contributed by atoms with van der Waals surface area (Å²) >= 11 is 0. The van der Waals surface area contributed by atoms with Gasteiger partial charge < -0.3 is 26.8 Å². The van der Waals surface area contributed by atoms with Gasteiger partial charge in [-0.05, 0) is 17.0 Å². The number of rotatable bonds is 4. The fraction of sp³-hybridized carbons (Fsp3) is 0.211. The van der Waals surface area contributed by atoms with Crippen LogP contribution in [-0.2, 0) is 4.74 Å². The molecule has 1 aliphatic rings. The van der Waals surface area contributed by atoms with Crippen molar-refractivity contribution in [3.63, 3.8) is 0 Å². The fourth-order valence-corrected chi connectivity index (χ4v) is 2.73. The Labute approximate surface area is 174 Å². The second-order valence-electron chi connectivity index (χ2n) is 5.58. The summed E-state index contributed by atoms with van der Waals surface area (Å²) in [7, 11) is 0. The minimum absolute atomic E-state index is 0. The molecule has 4 nitrogen and oxygen atoms in total. The van der Waals surface area contributed by atoms with Crippen molar-refractivity contribution < 1.29 is 31.6 Å². The summed E-state index contributed by atoms with van der Waals surface area (Å²) in [5.74, 6) is -0.397. The predicted octanol–water partition coefficient (Wildman–Crippen LogP) is -0.191. The molecule has 1 aliphatic heterocycles. The largest absolute Gasteiger partial charge is 2.00 e. The van der Waals surface area contributed by atoms with E-state index in [-0.39, 0.29) is 64.5 Å². The monoisotopic (exact) mass is 411 g/mol. The minimum Gasteiger partial charge on any atom is -1.00 e. The summed E-state index contributed by atoms with van der Waals surface area (Å²) < 4.78 is 5.09. The first-order valence-corrected chi connectivity index (χ1v) is 7.61. The summed E-state index contributed by atoms with van der Waals surface area (Å²) in [6.07, 6.45) is 0.984. The first-order valence-electron chi connectivity index (χ1n) is 7.61. The van der Waals surface area contributed by atoms with Crippen molar-refractivity contribution in [2.75, 3.05) is 6.61 Å². The number of hydrogen-bond acceptors (Lipinski definition) is 3. The quantitative estimate of drug-likeness (QED) is 0.517. The predicted molar refractivity (Wildman–Crippen MR) is 91.1 cm³/mol. The molecule has 1 amide bonds. The van der Waals surface area contributed by atoms with Crippen LogP contribution >= 0.6 is 0 Å². The molecule has 0 radical (unpaired) electrons. The van der Waals surface area contributed by atoms with E-state index < -0.39 is 6.09 Å². The Balaban J connectivity index is 0.00000156. The van der Waals surface area contributed by atoms with Gasteiger partial charge in [-0.15, -0.1) is 0 Å². The molecule has 0 aromatic heterocycles. The van der Waals surface area contributed by atoms with Crippen LogP contribution in [0, 0.1) is 0 Å². The van der Waals surface area contributed by atoms with E-state index in [0.717, 1.165) is 11.1 Å². The molecule has 1 heterocycles. The number of halogens is 1. The molecule has 2 atom stereocenters. The molecule has 3 rings (SSSR count). The Hall–Kier alpha value is -1.50. The molecule has 2 aromatic carbocycles. The van der Waals surface area contributed by atoms with E-state index in [0.29, 0.717) is 0 Å². The molecule has 25 heavy (non-hydrogen) atoms. The molecular formula is C19H18BrMgNO3. The van der Waals surface area contributed by atoms with Gasteiger partial charge >= 0.3 is 29.1 Å². The van der Waals surface area contributed by atoms with Crippen molar-refractivity contribution in [3.05, 3.63) is 83.7 Å². The van der Waals surface area contributed by atoms with Gasteiger partial charge in [-0.1, -0.05) is 73.7 Å². The normalized spacial score (nSPS) is 18.0. The fourth-order valence-electron chi connectivity index (χ4n) is 2.73. The van der Waals surface area contributed by atoms with Crippen molar-refractivity contribution in [1.82, 2.24) is 4.90 Å². The zero-order valence-corrected chi connectivity index (χ0v) is 17.0. The summed E-state index contributed by atoms with van der Waals surface area (Å²) in [5.41, 5.74) is 1.93. The summed E-state index contributed by atoms with van der Waals surface area (Å²) in [5, 5.41) is 12.6. The molecule has 0 bridgehead atoms. The number of allylic oxidation sites excluding steroid dienone is 1.